The zero-order chi connectivity index (χ0) is 15.2. The SMILES string of the molecule is Cc1nc(C)c(CNC(=O)CN2CCCCCCC2=O)o1. The van der Waals surface area contributed by atoms with Crippen molar-refractivity contribution in [2.24, 2.45) is 0 Å². The van der Waals surface area contributed by atoms with Gasteiger partial charge in [0.25, 0.3) is 0 Å². The van der Waals surface area contributed by atoms with Gasteiger partial charge in [0, 0.05) is 19.9 Å². The van der Waals surface area contributed by atoms with E-state index in [0.29, 0.717) is 31.2 Å². The zero-order valence-corrected chi connectivity index (χ0v) is 12.8. The van der Waals surface area contributed by atoms with E-state index in [2.05, 4.69) is 10.3 Å². The molecular weight excluding hydrogens is 270 g/mol. The predicted molar refractivity (Wildman–Crippen MR) is 77.5 cm³/mol. The Morgan fingerprint density at radius 1 is 1.29 bits per heavy atom. The molecule has 116 valence electrons. The van der Waals surface area contributed by atoms with Crippen LogP contribution < -0.4 is 5.32 Å². The maximum absolute atomic E-state index is 12.0. The van der Waals surface area contributed by atoms with E-state index in [9.17, 15) is 9.59 Å². The van der Waals surface area contributed by atoms with Crippen molar-refractivity contribution in [1.29, 1.82) is 0 Å². The van der Waals surface area contributed by atoms with E-state index in [1.807, 2.05) is 6.92 Å². The van der Waals surface area contributed by atoms with Crippen molar-refractivity contribution < 1.29 is 14.0 Å². The quantitative estimate of drug-likeness (QED) is 0.916. The van der Waals surface area contributed by atoms with Crippen molar-refractivity contribution in [3.63, 3.8) is 0 Å². The van der Waals surface area contributed by atoms with Gasteiger partial charge in [-0.15, -0.1) is 0 Å². The van der Waals surface area contributed by atoms with Gasteiger partial charge in [0.1, 0.15) is 5.76 Å². The summed E-state index contributed by atoms with van der Waals surface area (Å²) in [6.45, 7) is 4.74. The van der Waals surface area contributed by atoms with E-state index in [0.717, 1.165) is 31.4 Å². The largest absolute Gasteiger partial charge is 0.444 e. The summed E-state index contributed by atoms with van der Waals surface area (Å²) in [5.41, 5.74) is 0.787. The Labute approximate surface area is 124 Å². The molecule has 0 bridgehead atoms. The minimum absolute atomic E-state index is 0.0801. The number of hydrogen-bond acceptors (Lipinski definition) is 4. The van der Waals surface area contributed by atoms with Crippen LogP contribution in [-0.2, 0) is 16.1 Å². The van der Waals surface area contributed by atoms with Crippen LogP contribution in [0.3, 0.4) is 0 Å². The van der Waals surface area contributed by atoms with Crippen LogP contribution in [0.2, 0.25) is 0 Å². The van der Waals surface area contributed by atoms with Gasteiger partial charge >= 0.3 is 0 Å². The second-order valence-electron chi connectivity index (χ2n) is 5.50. The minimum Gasteiger partial charge on any atom is -0.444 e. The Balaban J connectivity index is 1.82. The van der Waals surface area contributed by atoms with Gasteiger partial charge in [0.05, 0.1) is 18.8 Å². The number of oxazole rings is 1. The first-order chi connectivity index (χ1) is 10.1. The van der Waals surface area contributed by atoms with Crippen molar-refractivity contribution in [3.8, 4) is 0 Å². The first-order valence-electron chi connectivity index (χ1n) is 7.53. The summed E-state index contributed by atoms with van der Waals surface area (Å²) in [4.78, 5) is 29.7. The van der Waals surface area contributed by atoms with Crippen molar-refractivity contribution in [1.82, 2.24) is 15.2 Å². The summed E-state index contributed by atoms with van der Waals surface area (Å²) in [6, 6.07) is 0. The van der Waals surface area contributed by atoms with E-state index in [-0.39, 0.29) is 18.4 Å². The third kappa shape index (κ3) is 4.58. The first kappa shape index (κ1) is 15.5. The first-order valence-corrected chi connectivity index (χ1v) is 7.53. The molecule has 2 amide bonds. The molecule has 1 saturated heterocycles. The second kappa shape index (κ2) is 7.24. The molecule has 0 spiro atoms. The van der Waals surface area contributed by atoms with Crippen molar-refractivity contribution >= 4 is 11.8 Å². The number of carbonyl (C=O) groups is 2. The number of rotatable bonds is 4. The molecule has 0 saturated carbocycles. The number of nitrogens with zero attached hydrogens (tertiary/aromatic N) is 2. The molecule has 21 heavy (non-hydrogen) atoms. The van der Waals surface area contributed by atoms with Gasteiger partial charge in [-0.3, -0.25) is 9.59 Å². The van der Waals surface area contributed by atoms with Crippen LogP contribution in [0.4, 0.5) is 0 Å². The van der Waals surface area contributed by atoms with E-state index in [4.69, 9.17) is 4.42 Å². The molecule has 0 atom stereocenters. The van der Waals surface area contributed by atoms with Crippen LogP contribution in [0, 0.1) is 13.8 Å². The van der Waals surface area contributed by atoms with Gasteiger partial charge in [-0.05, 0) is 19.8 Å². The number of carbonyl (C=O) groups excluding carboxylic acids is 2. The van der Waals surface area contributed by atoms with E-state index >= 15 is 0 Å². The fourth-order valence-corrected chi connectivity index (χ4v) is 2.53. The Morgan fingerprint density at radius 3 is 2.76 bits per heavy atom. The highest BCUT2D eigenvalue weighted by atomic mass is 16.4. The van der Waals surface area contributed by atoms with Crippen LogP contribution in [0.5, 0.6) is 0 Å². The maximum Gasteiger partial charge on any atom is 0.240 e. The predicted octanol–water partition coefficient (Wildman–Crippen LogP) is 1.70. The molecule has 1 aromatic heterocycles. The molecule has 2 heterocycles. The lowest BCUT2D eigenvalue weighted by molar-refractivity contribution is -0.136. The van der Waals surface area contributed by atoms with E-state index in [1.165, 1.54) is 0 Å². The van der Waals surface area contributed by atoms with Gasteiger partial charge in [0.15, 0.2) is 5.89 Å². The molecule has 1 N–H and O–H groups in total. The molecule has 1 aromatic rings. The van der Waals surface area contributed by atoms with Crippen LogP contribution >= 0.6 is 0 Å². The molecule has 1 aliphatic heterocycles. The number of amides is 2. The topological polar surface area (TPSA) is 75.4 Å². The molecule has 1 aliphatic rings. The number of likely N-dealkylation sites (tertiary alicyclic amines) is 1. The maximum atomic E-state index is 12.0. The highest BCUT2D eigenvalue weighted by Gasteiger charge is 2.18. The molecule has 2 rings (SSSR count). The number of hydrogen-bond donors (Lipinski definition) is 1. The lowest BCUT2D eigenvalue weighted by Crippen LogP contribution is -2.41. The van der Waals surface area contributed by atoms with Crippen molar-refractivity contribution in [2.75, 3.05) is 13.1 Å². The number of nitrogens with one attached hydrogen (secondary N) is 1. The molecular formula is C15H23N3O3. The van der Waals surface area contributed by atoms with Crippen LogP contribution in [0.15, 0.2) is 4.42 Å². The summed E-state index contributed by atoms with van der Waals surface area (Å²) in [7, 11) is 0. The Morgan fingerprint density at radius 2 is 2.05 bits per heavy atom. The summed E-state index contributed by atoms with van der Waals surface area (Å²) < 4.78 is 5.41. The highest BCUT2D eigenvalue weighted by molar-refractivity contribution is 5.84. The molecule has 0 aliphatic carbocycles. The summed E-state index contributed by atoms with van der Waals surface area (Å²) in [5, 5.41) is 2.79. The summed E-state index contributed by atoms with van der Waals surface area (Å²) in [6.07, 6.45) is 4.68. The normalized spacial score (nSPS) is 16.5. The molecule has 0 aromatic carbocycles. The molecule has 0 unspecified atom stereocenters. The van der Waals surface area contributed by atoms with Crippen LogP contribution in [0.1, 0.15) is 49.4 Å². The Kier molecular flexibility index (Phi) is 5.36. The van der Waals surface area contributed by atoms with Crippen molar-refractivity contribution in [2.45, 2.75) is 52.5 Å². The zero-order valence-electron chi connectivity index (χ0n) is 12.8. The lowest BCUT2D eigenvalue weighted by Gasteiger charge is -2.24. The summed E-state index contributed by atoms with van der Waals surface area (Å²) >= 11 is 0. The van der Waals surface area contributed by atoms with E-state index < -0.39 is 0 Å². The second-order valence-corrected chi connectivity index (χ2v) is 5.50. The van der Waals surface area contributed by atoms with Gasteiger partial charge in [-0.25, -0.2) is 4.98 Å². The minimum atomic E-state index is -0.155. The monoisotopic (exact) mass is 293 g/mol. The Hall–Kier alpha value is -1.85. The molecule has 6 nitrogen and oxygen atoms in total. The van der Waals surface area contributed by atoms with Crippen LogP contribution in [-0.4, -0.2) is 34.8 Å². The Bertz CT molecular complexity index is 510. The standard InChI is InChI=1S/C15H23N3O3/c1-11-13(21-12(2)17-11)9-16-14(19)10-18-8-6-4-3-5-7-15(18)20/h3-10H2,1-2H3,(H,16,19). The third-order valence-corrected chi connectivity index (χ3v) is 3.70. The lowest BCUT2D eigenvalue weighted by atomic mass is 10.1. The van der Waals surface area contributed by atoms with Gasteiger partial charge < -0.3 is 14.6 Å². The molecule has 6 heteroatoms. The van der Waals surface area contributed by atoms with Crippen molar-refractivity contribution in [3.05, 3.63) is 17.3 Å². The molecule has 1 fully saturated rings. The van der Waals surface area contributed by atoms with Gasteiger partial charge in [-0.2, -0.15) is 0 Å². The third-order valence-electron chi connectivity index (χ3n) is 3.70. The number of aryl methyl sites for hydroxylation is 2. The fraction of sp³-hybridized carbons (Fsp3) is 0.667. The van der Waals surface area contributed by atoms with Gasteiger partial charge in [-0.1, -0.05) is 12.8 Å². The average molecular weight is 293 g/mol. The molecule has 0 radical (unpaired) electrons. The van der Waals surface area contributed by atoms with Crippen LogP contribution in [0.25, 0.3) is 0 Å². The highest BCUT2D eigenvalue weighted by Crippen LogP contribution is 2.12. The number of aromatic nitrogens is 1. The van der Waals surface area contributed by atoms with Gasteiger partial charge in [0.2, 0.25) is 11.8 Å². The fourth-order valence-electron chi connectivity index (χ4n) is 2.53. The average Bonchev–Trinajstić information content (AvgIpc) is 2.74. The summed E-state index contributed by atoms with van der Waals surface area (Å²) in [5.74, 6) is 1.18. The smallest absolute Gasteiger partial charge is 0.240 e. The van der Waals surface area contributed by atoms with E-state index in [1.54, 1.807) is 11.8 Å².